The van der Waals surface area contributed by atoms with Crippen LogP contribution >= 0.6 is 0 Å². The molecule has 0 saturated heterocycles. The molecule has 25 heavy (non-hydrogen) atoms. The number of hydrogen-bond donors (Lipinski definition) is 1. The van der Waals surface area contributed by atoms with Crippen LogP contribution in [0.5, 0.6) is 0 Å². The fourth-order valence-corrected chi connectivity index (χ4v) is 2.64. The predicted octanol–water partition coefficient (Wildman–Crippen LogP) is 3.27. The highest BCUT2D eigenvalue weighted by molar-refractivity contribution is 5.92. The smallest absolute Gasteiger partial charge is 0.327 e. The lowest BCUT2D eigenvalue weighted by Gasteiger charge is -2.12. The van der Waals surface area contributed by atoms with E-state index in [1.807, 2.05) is 0 Å². The minimum absolute atomic E-state index is 0.00648. The fraction of sp³-hybridized carbons (Fsp3) is 0.250. The maximum absolute atomic E-state index is 13.8. The van der Waals surface area contributed by atoms with Gasteiger partial charge in [0.1, 0.15) is 5.83 Å². The first-order valence-electron chi connectivity index (χ1n) is 7.40. The number of aromatic nitrogens is 4. The van der Waals surface area contributed by atoms with Crippen molar-refractivity contribution in [3.05, 3.63) is 48.2 Å². The van der Waals surface area contributed by atoms with E-state index in [9.17, 15) is 17.6 Å². The number of halogens is 4. The van der Waals surface area contributed by atoms with E-state index in [1.54, 1.807) is 13.1 Å². The van der Waals surface area contributed by atoms with Crippen LogP contribution in [0.2, 0.25) is 0 Å². The van der Waals surface area contributed by atoms with Crippen LogP contribution in [0.1, 0.15) is 5.56 Å². The molecular weight excluding hydrogens is 338 g/mol. The Kier molecular flexibility index (Phi) is 4.34. The molecule has 0 fully saturated rings. The van der Waals surface area contributed by atoms with Crippen molar-refractivity contribution in [3.8, 4) is 11.3 Å². The quantitative estimate of drug-likeness (QED) is 0.733. The molecule has 0 aliphatic heterocycles. The van der Waals surface area contributed by atoms with Crippen LogP contribution in [-0.4, -0.2) is 25.9 Å². The fourth-order valence-electron chi connectivity index (χ4n) is 2.64. The molecule has 132 valence electrons. The summed E-state index contributed by atoms with van der Waals surface area (Å²) in [5.41, 5.74) is 5.73. The van der Waals surface area contributed by atoms with Gasteiger partial charge in [0.15, 0.2) is 0 Å². The number of fused-ring (bicyclic) bond motifs is 1. The van der Waals surface area contributed by atoms with Gasteiger partial charge >= 0.3 is 6.18 Å². The summed E-state index contributed by atoms with van der Waals surface area (Å²) < 4.78 is 56.5. The third-order valence-corrected chi connectivity index (χ3v) is 3.81. The lowest BCUT2D eigenvalue weighted by atomic mass is 10.1. The summed E-state index contributed by atoms with van der Waals surface area (Å²) in [6, 6.07) is 3.60. The van der Waals surface area contributed by atoms with Gasteiger partial charge in [-0.2, -0.15) is 18.3 Å². The lowest BCUT2D eigenvalue weighted by Crippen LogP contribution is -2.07. The molecule has 0 atom stereocenters. The summed E-state index contributed by atoms with van der Waals surface area (Å²) in [6.45, 7) is -0.230. The van der Waals surface area contributed by atoms with E-state index in [1.165, 1.54) is 27.8 Å². The third-order valence-electron chi connectivity index (χ3n) is 3.81. The van der Waals surface area contributed by atoms with E-state index in [0.717, 1.165) is 12.1 Å². The molecule has 2 heterocycles. The SMILES string of the molecule is Cn1nccc1-c1cc(C(F)(F)F)cc2c1ncn2C/C(F)=C/CN. The number of hydrogen-bond acceptors (Lipinski definition) is 3. The number of nitrogens with two attached hydrogens (primary N) is 1. The Morgan fingerprint density at radius 2 is 2.08 bits per heavy atom. The van der Waals surface area contributed by atoms with Crippen molar-refractivity contribution in [2.45, 2.75) is 12.7 Å². The molecule has 5 nitrogen and oxygen atoms in total. The minimum Gasteiger partial charge on any atom is -0.327 e. The van der Waals surface area contributed by atoms with Gasteiger partial charge in [-0.3, -0.25) is 4.68 Å². The Hall–Kier alpha value is -2.68. The van der Waals surface area contributed by atoms with Gasteiger partial charge in [-0.25, -0.2) is 9.37 Å². The van der Waals surface area contributed by atoms with Crippen molar-refractivity contribution in [2.24, 2.45) is 12.8 Å². The first kappa shape index (κ1) is 17.2. The zero-order valence-corrected chi connectivity index (χ0v) is 13.3. The molecule has 0 aliphatic rings. The normalized spacial score (nSPS) is 13.0. The molecule has 2 aromatic heterocycles. The van der Waals surface area contributed by atoms with Crippen molar-refractivity contribution in [3.63, 3.8) is 0 Å². The second-order valence-corrected chi connectivity index (χ2v) is 5.49. The molecule has 0 aliphatic carbocycles. The first-order valence-corrected chi connectivity index (χ1v) is 7.40. The van der Waals surface area contributed by atoms with E-state index in [2.05, 4.69) is 10.1 Å². The van der Waals surface area contributed by atoms with Crippen LogP contribution < -0.4 is 5.73 Å². The molecule has 2 N–H and O–H groups in total. The number of imidazole rings is 1. The van der Waals surface area contributed by atoms with Gasteiger partial charge in [-0.15, -0.1) is 0 Å². The Labute approximate surface area is 140 Å². The average molecular weight is 353 g/mol. The van der Waals surface area contributed by atoms with E-state index >= 15 is 0 Å². The van der Waals surface area contributed by atoms with Crippen LogP contribution in [0.25, 0.3) is 22.3 Å². The molecule has 0 bridgehead atoms. The highest BCUT2D eigenvalue weighted by Crippen LogP contribution is 2.36. The molecule has 0 unspecified atom stereocenters. The number of rotatable bonds is 4. The summed E-state index contributed by atoms with van der Waals surface area (Å²) in [7, 11) is 1.63. The van der Waals surface area contributed by atoms with Crippen LogP contribution in [0, 0.1) is 0 Å². The molecule has 9 heteroatoms. The van der Waals surface area contributed by atoms with Gasteiger partial charge in [0, 0.05) is 25.4 Å². The number of aryl methyl sites for hydroxylation is 1. The van der Waals surface area contributed by atoms with Gasteiger partial charge in [0.2, 0.25) is 0 Å². The third kappa shape index (κ3) is 3.27. The minimum atomic E-state index is -4.54. The van der Waals surface area contributed by atoms with Crippen molar-refractivity contribution in [2.75, 3.05) is 6.54 Å². The first-order chi connectivity index (χ1) is 11.8. The van der Waals surface area contributed by atoms with E-state index in [4.69, 9.17) is 5.73 Å². The van der Waals surface area contributed by atoms with Gasteiger partial charge in [0.25, 0.3) is 0 Å². The van der Waals surface area contributed by atoms with Gasteiger partial charge in [0.05, 0.1) is 35.2 Å². The van der Waals surface area contributed by atoms with Crippen molar-refractivity contribution >= 4 is 11.0 Å². The molecule has 0 radical (unpaired) electrons. The van der Waals surface area contributed by atoms with Crippen molar-refractivity contribution in [1.82, 2.24) is 19.3 Å². The topological polar surface area (TPSA) is 61.7 Å². The molecule has 3 rings (SSSR count). The number of nitrogens with zero attached hydrogens (tertiary/aromatic N) is 4. The lowest BCUT2D eigenvalue weighted by molar-refractivity contribution is -0.137. The molecule has 1 aromatic carbocycles. The maximum atomic E-state index is 13.8. The average Bonchev–Trinajstić information content (AvgIpc) is 3.12. The second-order valence-electron chi connectivity index (χ2n) is 5.49. The highest BCUT2D eigenvalue weighted by Gasteiger charge is 2.32. The molecule has 0 saturated carbocycles. The summed E-state index contributed by atoms with van der Waals surface area (Å²) in [6.07, 6.45) is -0.569. The maximum Gasteiger partial charge on any atom is 0.416 e. The van der Waals surface area contributed by atoms with Gasteiger partial charge in [-0.05, 0) is 24.3 Å². The van der Waals surface area contributed by atoms with Crippen LogP contribution in [0.3, 0.4) is 0 Å². The standard InChI is InChI=1S/C16H15F4N5/c1-24-13(3-5-23-24)12-6-10(16(18,19)20)7-14-15(12)22-9-25(14)8-11(17)2-4-21/h2-3,5-7,9H,4,8,21H2,1H3/b11-2-. The summed E-state index contributed by atoms with van der Waals surface area (Å²) in [4.78, 5) is 4.18. The molecule has 0 amide bonds. The van der Waals surface area contributed by atoms with E-state index < -0.39 is 17.6 Å². The summed E-state index contributed by atoms with van der Waals surface area (Å²) in [5.74, 6) is -0.540. The Balaban J connectivity index is 2.24. The second kappa shape index (κ2) is 6.32. The zero-order valence-electron chi connectivity index (χ0n) is 13.3. The highest BCUT2D eigenvalue weighted by atomic mass is 19.4. The Bertz CT molecular complexity index is 936. The number of benzene rings is 1. The van der Waals surface area contributed by atoms with Gasteiger partial charge < -0.3 is 10.3 Å². The van der Waals surface area contributed by atoms with E-state index in [-0.39, 0.29) is 24.2 Å². The monoisotopic (exact) mass is 353 g/mol. The predicted molar refractivity (Wildman–Crippen MR) is 85.2 cm³/mol. The largest absolute Gasteiger partial charge is 0.416 e. The zero-order chi connectivity index (χ0) is 18.2. The number of alkyl halides is 3. The molecule has 0 spiro atoms. The Morgan fingerprint density at radius 1 is 1.32 bits per heavy atom. The van der Waals surface area contributed by atoms with Crippen LogP contribution in [-0.2, 0) is 19.8 Å². The van der Waals surface area contributed by atoms with Gasteiger partial charge in [-0.1, -0.05) is 0 Å². The molecular formula is C16H15F4N5. The molecule has 3 aromatic rings. The number of allylic oxidation sites excluding steroid dienone is 1. The van der Waals surface area contributed by atoms with Crippen molar-refractivity contribution in [1.29, 1.82) is 0 Å². The van der Waals surface area contributed by atoms with Crippen LogP contribution in [0.4, 0.5) is 17.6 Å². The Morgan fingerprint density at radius 3 is 2.68 bits per heavy atom. The van der Waals surface area contributed by atoms with Crippen LogP contribution in [0.15, 0.2) is 42.6 Å². The van der Waals surface area contributed by atoms with Crippen molar-refractivity contribution < 1.29 is 17.6 Å². The summed E-state index contributed by atoms with van der Waals surface area (Å²) >= 11 is 0. The summed E-state index contributed by atoms with van der Waals surface area (Å²) in [5, 5.41) is 3.99. The van der Waals surface area contributed by atoms with E-state index in [0.29, 0.717) is 11.2 Å².